The number of nitrogens with one attached hydrogen (secondary N) is 2. The van der Waals surface area contributed by atoms with Gasteiger partial charge in [-0.05, 0) is 29.5 Å². The minimum atomic E-state index is -0.518. The number of anilines is 1. The summed E-state index contributed by atoms with van der Waals surface area (Å²) < 4.78 is 0. The lowest BCUT2D eigenvalue weighted by molar-refractivity contribution is -0.118. The van der Waals surface area contributed by atoms with Crippen molar-refractivity contribution >= 4 is 23.4 Å². The number of carbonyl (C=O) groups is 1. The molecule has 5 rings (SSSR count). The highest BCUT2D eigenvalue weighted by Gasteiger charge is 2.42. The summed E-state index contributed by atoms with van der Waals surface area (Å²) in [5, 5.41) is 3.90. The fraction of sp³-hybridized carbons (Fsp3) is 0.280. The minimum absolute atomic E-state index is 0.0620. The van der Waals surface area contributed by atoms with E-state index in [1.165, 1.54) is 11.8 Å². The maximum atomic E-state index is 13.3. The van der Waals surface area contributed by atoms with Crippen molar-refractivity contribution in [2.24, 2.45) is 5.41 Å². The fourth-order valence-electron chi connectivity index (χ4n) is 4.53. The van der Waals surface area contributed by atoms with Crippen LogP contribution in [0, 0.1) is 5.41 Å². The number of Topliss-reactive ketones (excluding diaryl/α,β-unsaturated/α-hetero) is 1. The predicted molar refractivity (Wildman–Crippen MR) is 126 cm³/mol. The fourth-order valence-corrected chi connectivity index (χ4v) is 5.35. The van der Waals surface area contributed by atoms with Crippen molar-refractivity contribution in [2.45, 2.75) is 43.5 Å². The molecule has 2 aromatic heterocycles. The van der Waals surface area contributed by atoms with E-state index in [1.54, 1.807) is 6.20 Å². The highest BCUT2D eigenvalue weighted by molar-refractivity contribution is 7.98. The Morgan fingerprint density at radius 3 is 2.59 bits per heavy atom. The highest BCUT2D eigenvalue weighted by Crippen LogP contribution is 2.47. The van der Waals surface area contributed by atoms with Crippen molar-refractivity contribution in [1.82, 2.24) is 15.0 Å². The summed E-state index contributed by atoms with van der Waals surface area (Å²) in [7, 11) is 0. The number of rotatable bonds is 4. The molecule has 0 amide bonds. The molecule has 0 spiro atoms. The zero-order chi connectivity index (χ0) is 22.3. The second kappa shape index (κ2) is 8.06. The topological polar surface area (TPSA) is 87.7 Å². The Morgan fingerprint density at radius 1 is 1.06 bits per heavy atom. The summed E-state index contributed by atoms with van der Waals surface area (Å²) >= 11 is 1.48. The lowest BCUT2D eigenvalue weighted by Crippen LogP contribution is -2.37. The number of aromatic nitrogens is 3. The van der Waals surface area contributed by atoms with Gasteiger partial charge < -0.3 is 10.3 Å². The van der Waals surface area contributed by atoms with Crippen LogP contribution in [0.3, 0.4) is 0 Å². The number of H-pyrrole nitrogens is 1. The molecule has 0 radical (unpaired) electrons. The Hall–Kier alpha value is -3.19. The average molecular weight is 445 g/mol. The second-order valence-corrected chi connectivity index (χ2v) is 10.0. The van der Waals surface area contributed by atoms with Gasteiger partial charge in [0.2, 0.25) is 0 Å². The standard InChI is InChI=1S/C25H24N4O2S/c1-25(2)12-17-19(18(30)13-25)20(16-10-6-7-11-26-16)21-22(27-17)28-24(29-23(21)31)32-14-15-8-4-3-5-9-15/h3-11,20H,12-14H2,1-2H3,(H2,27,28,29,31)/t20-/m0/s1. The number of allylic oxidation sites excluding steroid dienone is 2. The first kappa shape index (κ1) is 20.7. The molecule has 32 heavy (non-hydrogen) atoms. The summed E-state index contributed by atoms with van der Waals surface area (Å²) in [5.41, 5.74) is 3.41. The summed E-state index contributed by atoms with van der Waals surface area (Å²) in [6.07, 6.45) is 2.86. The molecule has 3 heterocycles. The number of benzene rings is 1. The Bertz CT molecular complexity index is 1270. The van der Waals surface area contributed by atoms with Gasteiger partial charge >= 0.3 is 0 Å². The molecular weight excluding hydrogens is 420 g/mol. The smallest absolute Gasteiger partial charge is 0.257 e. The summed E-state index contributed by atoms with van der Waals surface area (Å²) in [4.78, 5) is 38.7. The quantitative estimate of drug-likeness (QED) is 0.450. The number of hydrogen-bond acceptors (Lipinski definition) is 6. The first-order valence-corrected chi connectivity index (χ1v) is 11.6. The first-order chi connectivity index (χ1) is 15.4. The first-order valence-electron chi connectivity index (χ1n) is 10.7. The highest BCUT2D eigenvalue weighted by atomic mass is 32.2. The van der Waals surface area contributed by atoms with E-state index in [4.69, 9.17) is 4.98 Å². The van der Waals surface area contributed by atoms with E-state index < -0.39 is 5.92 Å². The molecule has 7 heteroatoms. The van der Waals surface area contributed by atoms with E-state index in [9.17, 15) is 9.59 Å². The van der Waals surface area contributed by atoms with Crippen LogP contribution in [0.2, 0.25) is 0 Å². The van der Waals surface area contributed by atoms with Crippen LogP contribution in [0.1, 0.15) is 49.4 Å². The van der Waals surface area contributed by atoms with Crippen molar-refractivity contribution in [3.8, 4) is 0 Å². The Balaban J connectivity index is 1.59. The molecule has 0 unspecified atom stereocenters. The molecule has 0 bridgehead atoms. The molecule has 1 aliphatic carbocycles. The molecule has 2 N–H and O–H groups in total. The molecule has 1 aliphatic heterocycles. The summed E-state index contributed by atoms with van der Waals surface area (Å²) in [5.74, 6) is 0.762. The number of hydrogen-bond donors (Lipinski definition) is 2. The van der Waals surface area contributed by atoms with Crippen LogP contribution in [0.15, 0.2) is 75.9 Å². The van der Waals surface area contributed by atoms with E-state index in [-0.39, 0.29) is 16.8 Å². The molecule has 1 atom stereocenters. The van der Waals surface area contributed by atoms with Crippen LogP contribution in [0.5, 0.6) is 0 Å². The van der Waals surface area contributed by atoms with Crippen LogP contribution in [0.4, 0.5) is 5.82 Å². The molecule has 3 aromatic rings. The molecule has 0 fully saturated rings. The van der Waals surface area contributed by atoms with Crippen molar-refractivity contribution in [1.29, 1.82) is 0 Å². The monoisotopic (exact) mass is 444 g/mol. The average Bonchev–Trinajstić information content (AvgIpc) is 2.77. The lowest BCUT2D eigenvalue weighted by atomic mass is 9.70. The van der Waals surface area contributed by atoms with Gasteiger partial charge in [-0.25, -0.2) is 4.98 Å². The predicted octanol–water partition coefficient (Wildman–Crippen LogP) is 4.66. The zero-order valence-electron chi connectivity index (χ0n) is 18.0. The van der Waals surface area contributed by atoms with Crippen LogP contribution < -0.4 is 10.9 Å². The number of fused-ring (bicyclic) bond motifs is 1. The number of nitrogens with zero attached hydrogens (tertiary/aromatic N) is 2. The number of pyridine rings is 1. The third-order valence-corrected chi connectivity index (χ3v) is 6.85. The van der Waals surface area contributed by atoms with Gasteiger partial charge in [0, 0.05) is 29.6 Å². The van der Waals surface area contributed by atoms with E-state index in [2.05, 4.69) is 29.1 Å². The van der Waals surface area contributed by atoms with Gasteiger partial charge in [-0.3, -0.25) is 14.6 Å². The molecule has 6 nitrogen and oxygen atoms in total. The molecule has 1 aromatic carbocycles. The van der Waals surface area contributed by atoms with Gasteiger partial charge in [-0.15, -0.1) is 0 Å². The van der Waals surface area contributed by atoms with Gasteiger partial charge in [0.15, 0.2) is 10.9 Å². The minimum Gasteiger partial charge on any atom is -0.343 e. The van der Waals surface area contributed by atoms with E-state index in [1.807, 2.05) is 48.5 Å². The molecule has 162 valence electrons. The van der Waals surface area contributed by atoms with E-state index in [0.29, 0.717) is 40.0 Å². The third-order valence-electron chi connectivity index (χ3n) is 5.90. The van der Waals surface area contributed by atoms with Crippen molar-refractivity contribution < 1.29 is 4.79 Å². The normalized spacial score (nSPS) is 19.2. The molecule has 0 saturated carbocycles. The maximum absolute atomic E-state index is 13.3. The zero-order valence-corrected chi connectivity index (χ0v) is 18.8. The van der Waals surface area contributed by atoms with Crippen LogP contribution in [-0.4, -0.2) is 20.7 Å². The van der Waals surface area contributed by atoms with E-state index in [0.717, 1.165) is 17.7 Å². The number of thioether (sulfide) groups is 1. The Morgan fingerprint density at radius 2 is 1.84 bits per heavy atom. The summed E-state index contributed by atoms with van der Waals surface area (Å²) in [6, 6.07) is 15.6. The number of carbonyl (C=O) groups excluding carboxylic acids is 1. The largest absolute Gasteiger partial charge is 0.343 e. The van der Waals surface area contributed by atoms with E-state index >= 15 is 0 Å². The molecule has 2 aliphatic rings. The van der Waals surface area contributed by atoms with Crippen LogP contribution >= 0.6 is 11.8 Å². The summed E-state index contributed by atoms with van der Waals surface area (Å²) in [6.45, 7) is 4.18. The third kappa shape index (κ3) is 3.88. The van der Waals surface area contributed by atoms with Gasteiger partial charge in [-0.2, -0.15) is 0 Å². The van der Waals surface area contributed by atoms with Gasteiger partial charge in [0.25, 0.3) is 5.56 Å². The van der Waals surface area contributed by atoms with Gasteiger partial charge in [0.1, 0.15) is 5.82 Å². The molecular formula is C25H24N4O2S. The van der Waals surface area contributed by atoms with Gasteiger partial charge in [-0.1, -0.05) is 62.0 Å². The lowest BCUT2D eigenvalue weighted by Gasteiger charge is -2.38. The molecule has 0 saturated heterocycles. The second-order valence-electron chi connectivity index (χ2n) is 9.05. The van der Waals surface area contributed by atoms with Crippen LogP contribution in [-0.2, 0) is 10.5 Å². The number of aromatic amines is 1. The van der Waals surface area contributed by atoms with Crippen molar-refractivity contribution in [3.63, 3.8) is 0 Å². The van der Waals surface area contributed by atoms with Crippen molar-refractivity contribution in [2.75, 3.05) is 5.32 Å². The Kier molecular flexibility index (Phi) is 5.21. The van der Waals surface area contributed by atoms with Crippen molar-refractivity contribution in [3.05, 3.63) is 93.2 Å². The van der Waals surface area contributed by atoms with Gasteiger partial charge in [0.05, 0.1) is 17.2 Å². The van der Waals surface area contributed by atoms with Crippen LogP contribution in [0.25, 0.3) is 0 Å². The SMILES string of the molecule is CC1(C)CC(=O)C2=C(C1)Nc1nc(SCc3ccccc3)[nH]c(=O)c1[C@H]2c1ccccn1. The number of ketones is 1. The maximum Gasteiger partial charge on any atom is 0.257 e. The Labute approximate surface area is 190 Å².